The van der Waals surface area contributed by atoms with Crippen LogP contribution in [0.15, 0.2) is 18.2 Å². The number of carbonyl (C=O) groups is 2. The lowest BCUT2D eigenvalue weighted by molar-refractivity contribution is -0.139. The van der Waals surface area contributed by atoms with E-state index in [0.29, 0.717) is 0 Å². The van der Waals surface area contributed by atoms with Crippen LogP contribution < -0.4 is 5.32 Å². The lowest BCUT2D eigenvalue weighted by Crippen LogP contribution is -2.32. The number of hydrogen-bond donors (Lipinski definition) is 3. The van der Waals surface area contributed by atoms with Gasteiger partial charge in [-0.15, -0.1) is 0 Å². The van der Waals surface area contributed by atoms with Crippen molar-refractivity contribution in [3.63, 3.8) is 0 Å². The normalized spacial score (nSPS) is 11.9. The number of benzene rings is 1. The van der Waals surface area contributed by atoms with Gasteiger partial charge in [0.2, 0.25) is 0 Å². The fraction of sp³-hybridized carbons (Fsp3) is 0.111. The molecule has 0 fully saturated rings. The summed E-state index contributed by atoms with van der Waals surface area (Å²) in [5.41, 5.74) is 0.101. The van der Waals surface area contributed by atoms with E-state index in [1.807, 2.05) is 5.32 Å². The second-order valence-corrected chi connectivity index (χ2v) is 3.73. The zero-order valence-corrected chi connectivity index (χ0v) is 9.29. The van der Waals surface area contributed by atoms with Crippen LogP contribution in [0.2, 0.25) is 10.0 Å². The van der Waals surface area contributed by atoms with E-state index in [4.69, 9.17) is 33.4 Å². The van der Waals surface area contributed by atoms with Crippen molar-refractivity contribution in [2.45, 2.75) is 6.04 Å². The van der Waals surface area contributed by atoms with E-state index < -0.39 is 18.1 Å². The van der Waals surface area contributed by atoms with E-state index in [1.165, 1.54) is 18.2 Å². The Labute approximate surface area is 101 Å². The maximum absolute atomic E-state index is 10.9. The topological polar surface area (TPSA) is 86.6 Å². The van der Waals surface area contributed by atoms with Crippen LogP contribution in [0.3, 0.4) is 0 Å². The summed E-state index contributed by atoms with van der Waals surface area (Å²) in [6, 6.07) is 2.74. The summed E-state index contributed by atoms with van der Waals surface area (Å²) in [6.07, 6.45) is -1.46. The van der Waals surface area contributed by atoms with Gasteiger partial charge in [0, 0.05) is 15.6 Å². The molecule has 5 nitrogen and oxygen atoms in total. The standard InChI is InChI=1S/C9H7Cl2NO4/c10-4-1-2-6(11)5(3-4)7(8(13)14)12-9(15)16/h1-3,7,12H,(H,13,14)(H,15,16). The molecule has 0 heterocycles. The molecule has 86 valence electrons. The molecule has 1 aromatic rings. The Hall–Kier alpha value is -1.46. The SMILES string of the molecule is O=C(O)NC(C(=O)O)c1cc(Cl)ccc1Cl. The van der Waals surface area contributed by atoms with Crippen molar-refractivity contribution < 1.29 is 19.8 Å². The average Bonchev–Trinajstić information content (AvgIpc) is 2.18. The molecular weight excluding hydrogens is 257 g/mol. The van der Waals surface area contributed by atoms with Gasteiger partial charge in [0.05, 0.1) is 0 Å². The number of carboxylic acids is 1. The van der Waals surface area contributed by atoms with Crippen molar-refractivity contribution in [3.05, 3.63) is 33.8 Å². The van der Waals surface area contributed by atoms with Gasteiger partial charge in [-0.25, -0.2) is 9.59 Å². The predicted octanol–water partition coefficient (Wildman–Crippen LogP) is 2.39. The number of amides is 1. The third-order valence-electron chi connectivity index (χ3n) is 1.78. The predicted molar refractivity (Wildman–Crippen MR) is 58.0 cm³/mol. The highest BCUT2D eigenvalue weighted by molar-refractivity contribution is 6.33. The Morgan fingerprint density at radius 1 is 1.25 bits per heavy atom. The summed E-state index contributed by atoms with van der Waals surface area (Å²) >= 11 is 11.4. The maximum Gasteiger partial charge on any atom is 0.405 e. The molecule has 16 heavy (non-hydrogen) atoms. The summed E-state index contributed by atoms with van der Waals surface area (Å²) in [6.45, 7) is 0. The summed E-state index contributed by atoms with van der Waals surface area (Å²) in [7, 11) is 0. The molecule has 0 bridgehead atoms. The lowest BCUT2D eigenvalue weighted by atomic mass is 10.1. The third-order valence-corrected chi connectivity index (χ3v) is 2.36. The smallest absolute Gasteiger partial charge is 0.405 e. The highest BCUT2D eigenvalue weighted by Gasteiger charge is 2.24. The van der Waals surface area contributed by atoms with E-state index in [9.17, 15) is 9.59 Å². The van der Waals surface area contributed by atoms with Crippen LogP contribution in [-0.4, -0.2) is 22.3 Å². The van der Waals surface area contributed by atoms with Crippen molar-refractivity contribution in [2.75, 3.05) is 0 Å². The summed E-state index contributed by atoms with van der Waals surface area (Å²) < 4.78 is 0. The van der Waals surface area contributed by atoms with Gasteiger partial charge in [0.1, 0.15) is 0 Å². The molecule has 1 rings (SSSR count). The van der Waals surface area contributed by atoms with E-state index in [2.05, 4.69) is 0 Å². The number of halogens is 2. The quantitative estimate of drug-likeness (QED) is 0.782. The van der Waals surface area contributed by atoms with Crippen LogP contribution in [-0.2, 0) is 4.79 Å². The first-order valence-electron chi connectivity index (χ1n) is 4.09. The summed E-state index contributed by atoms with van der Waals surface area (Å²) in [4.78, 5) is 21.3. The van der Waals surface area contributed by atoms with Crippen molar-refractivity contribution in [1.82, 2.24) is 5.32 Å². The first-order chi connectivity index (χ1) is 7.41. The van der Waals surface area contributed by atoms with Gasteiger partial charge in [0.25, 0.3) is 0 Å². The van der Waals surface area contributed by atoms with E-state index in [0.717, 1.165) is 0 Å². The molecule has 0 saturated carbocycles. The highest BCUT2D eigenvalue weighted by Crippen LogP contribution is 2.26. The Kier molecular flexibility index (Phi) is 3.98. The van der Waals surface area contributed by atoms with Gasteiger partial charge in [0.15, 0.2) is 6.04 Å². The first kappa shape index (κ1) is 12.6. The third kappa shape index (κ3) is 3.01. The molecule has 0 spiro atoms. The van der Waals surface area contributed by atoms with Crippen LogP contribution in [0.4, 0.5) is 4.79 Å². The summed E-state index contributed by atoms with van der Waals surface area (Å²) in [5, 5.41) is 19.6. The zero-order valence-electron chi connectivity index (χ0n) is 7.78. The van der Waals surface area contributed by atoms with Crippen molar-refractivity contribution in [3.8, 4) is 0 Å². The largest absolute Gasteiger partial charge is 0.479 e. The van der Waals surface area contributed by atoms with E-state index in [1.54, 1.807) is 0 Å². The van der Waals surface area contributed by atoms with Crippen LogP contribution in [0.25, 0.3) is 0 Å². The second kappa shape index (κ2) is 5.05. The second-order valence-electron chi connectivity index (χ2n) is 2.89. The van der Waals surface area contributed by atoms with Crippen molar-refractivity contribution in [1.29, 1.82) is 0 Å². The molecule has 1 amide bonds. The molecular formula is C9H7Cl2NO4. The minimum atomic E-state index is -1.46. The molecule has 0 saturated heterocycles. The number of carboxylic acid groups (broad SMARTS) is 2. The minimum Gasteiger partial charge on any atom is -0.479 e. The fourth-order valence-electron chi connectivity index (χ4n) is 1.13. The van der Waals surface area contributed by atoms with Gasteiger partial charge < -0.3 is 15.5 Å². The van der Waals surface area contributed by atoms with Crippen LogP contribution in [0.5, 0.6) is 0 Å². The molecule has 0 aliphatic rings. The monoisotopic (exact) mass is 263 g/mol. The molecule has 1 atom stereocenters. The fourth-order valence-corrected chi connectivity index (χ4v) is 1.54. The number of hydrogen-bond acceptors (Lipinski definition) is 2. The molecule has 1 unspecified atom stereocenters. The number of aliphatic carboxylic acids is 1. The van der Waals surface area contributed by atoms with Gasteiger partial charge in [-0.3, -0.25) is 0 Å². The van der Waals surface area contributed by atoms with Gasteiger partial charge in [-0.05, 0) is 18.2 Å². The molecule has 0 aromatic heterocycles. The minimum absolute atomic E-state index is 0.101. The van der Waals surface area contributed by atoms with Crippen LogP contribution in [0, 0.1) is 0 Å². The Morgan fingerprint density at radius 2 is 1.88 bits per heavy atom. The van der Waals surface area contributed by atoms with E-state index in [-0.39, 0.29) is 15.6 Å². The highest BCUT2D eigenvalue weighted by atomic mass is 35.5. The Bertz CT molecular complexity index is 436. The summed E-state index contributed by atoms with van der Waals surface area (Å²) in [5.74, 6) is -1.36. The Balaban J connectivity index is 3.14. The van der Waals surface area contributed by atoms with Gasteiger partial charge in [-0.2, -0.15) is 0 Å². The molecule has 0 aliphatic heterocycles. The molecule has 0 radical (unpaired) electrons. The first-order valence-corrected chi connectivity index (χ1v) is 4.84. The Morgan fingerprint density at radius 3 is 2.38 bits per heavy atom. The van der Waals surface area contributed by atoms with Crippen LogP contribution >= 0.6 is 23.2 Å². The molecule has 7 heteroatoms. The van der Waals surface area contributed by atoms with Gasteiger partial charge in [-0.1, -0.05) is 23.2 Å². The maximum atomic E-state index is 10.9. The number of nitrogens with one attached hydrogen (secondary N) is 1. The van der Waals surface area contributed by atoms with E-state index >= 15 is 0 Å². The van der Waals surface area contributed by atoms with Gasteiger partial charge >= 0.3 is 12.1 Å². The van der Waals surface area contributed by atoms with Crippen molar-refractivity contribution in [2.24, 2.45) is 0 Å². The lowest BCUT2D eigenvalue weighted by Gasteiger charge is -2.14. The average molecular weight is 264 g/mol. The molecule has 3 N–H and O–H groups in total. The van der Waals surface area contributed by atoms with Crippen LogP contribution in [0.1, 0.15) is 11.6 Å². The number of rotatable bonds is 3. The zero-order chi connectivity index (χ0) is 12.3. The molecule has 1 aromatic carbocycles. The van der Waals surface area contributed by atoms with Crippen molar-refractivity contribution >= 4 is 35.3 Å². The molecule has 0 aliphatic carbocycles.